The van der Waals surface area contributed by atoms with Gasteiger partial charge in [-0.05, 0) is 44.8 Å². The van der Waals surface area contributed by atoms with Gasteiger partial charge in [-0.1, -0.05) is 90.4 Å². The predicted molar refractivity (Wildman–Crippen MR) is 125 cm³/mol. The van der Waals surface area contributed by atoms with E-state index in [1.165, 1.54) is 83.5 Å². The van der Waals surface area contributed by atoms with Crippen molar-refractivity contribution < 1.29 is 9.53 Å². The molecule has 0 saturated carbocycles. The fourth-order valence-electron chi connectivity index (χ4n) is 3.60. The Morgan fingerprint density at radius 2 is 1.17 bits per heavy atom. The van der Waals surface area contributed by atoms with Crippen LogP contribution >= 0.6 is 0 Å². The van der Waals surface area contributed by atoms with Crippen molar-refractivity contribution in [2.75, 3.05) is 27.2 Å². The zero-order valence-electron chi connectivity index (χ0n) is 19.4. The molecule has 0 aliphatic heterocycles. The van der Waals surface area contributed by atoms with E-state index in [4.69, 9.17) is 4.74 Å². The Morgan fingerprint density at radius 1 is 0.724 bits per heavy atom. The molecule has 1 aromatic carbocycles. The lowest BCUT2D eigenvalue weighted by Gasteiger charge is -2.09. The minimum Gasteiger partial charge on any atom is -0.494 e. The number of hydrogen-bond donors (Lipinski definition) is 0. The highest BCUT2D eigenvalue weighted by atomic mass is 16.5. The lowest BCUT2D eigenvalue weighted by Crippen LogP contribution is -2.21. The summed E-state index contributed by atoms with van der Waals surface area (Å²) in [5.41, 5.74) is 0.752. The number of hydrogen-bond acceptors (Lipinski definition) is 3. The van der Waals surface area contributed by atoms with Gasteiger partial charge >= 0.3 is 0 Å². The minimum atomic E-state index is 0.147. The van der Waals surface area contributed by atoms with Crippen molar-refractivity contribution in [2.24, 2.45) is 0 Å². The van der Waals surface area contributed by atoms with Gasteiger partial charge in [0.2, 0.25) is 0 Å². The van der Waals surface area contributed by atoms with Crippen molar-refractivity contribution in [3.05, 3.63) is 29.8 Å². The third-order valence-corrected chi connectivity index (χ3v) is 5.40. The van der Waals surface area contributed by atoms with Crippen molar-refractivity contribution in [2.45, 2.75) is 96.8 Å². The first-order valence-electron chi connectivity index (χ1n) is 12.0. The Morgan fingerprint density at radius 3 is 1.62 bits per heavy atom. The van der Waals surface area contributed by atoms with Gasteiger partial charge in [-0.25, -0.2) is 0 Å². The summed E-state index contributed by atoms with van der Waals surface area (Å²) in [6.45, 7) is 3.49. The van der Waals surface area contributed by atoms with Crippen molar-refractivity contribution in [3.63, 3.8) is 0 Å². The number of unbranched alkanes of at least 4 members (excludes halogenated alkanes) is 13. The molecule has 0 aliphatic rings. The van der Waals surface area contributed by atoms with E-state index in [-0.39, 0.29) is 5.78 Å². The average Bonchev–Trinajstić information content (AvgIpc) is 2.71. The molecule has 0 unspecified atom stereocenters. The van der Waals surface area contributed by atoms with Crippen LogP contribution in [-0.4, -0.2) is 37.9 Å². The summed E-state index contributed by atoms with van der Waals surface area (Å²) in [6.07, 6.45) is 19.2. The summed E-state index contributed by atoms with van der Waals surface area (Å²) in [5, 5.41) is 0. The molecule has 0 atom stereocenters. The molecule has 0 fully saturated rings. The van der Waals surface area contributed by atoms with Crippen LogP contribution in [0.1, 0.15) is 107 Å². The molecular formula is C26H45NO2. The van der Waals surface area contributed by atoms with E-state index in [0.29, 0.717) is 6.54 Å². The normalized spacial score (nSPS) is 11.2. The van der Waals surface area contributed by atoms with Crippen LogP contribution in [0, 0.1) is 0 Å². The predicted octanol–water partition coefficient (Wildman–Crippen LogP) is 7.29. The molecule has 1 rings (SSSR count). The van der Waals surface area contributed by atoms with Gasteiger partial charge < -0.3 is 9.64 Å². The van der Waals surface area contributed by atoms with Gasteiger partial charge in [-0.2, -0.15) is 0 Å². The lowest BCUT2D eigenvalue weighted by molar-refractivity contribution is 0.0958. The SMILES string of the molecule is CCCCCCCCCCCCCCCCOc1ccc(C(=O)CN(C)C)cc1. The Hall–Kier alpha value is -1.35. The topological polar surface area (TPSA) is 29.5 Å². The first kappa shape index (κ1) is 25.7. The van der Waals surface area contributed by atoms with Crippen LogP contribution in [0.25, 0.3) is 0 Å². The van der Waals surface area contributed by atoms with Gasteiger partial charge in [0.05, 0.1) is 13.2 Å². The number of likely N-dealkylation sites (N-methyl/N-ethyl adjacent to an activating group) is 1. The molecule has 0 saturated heterocycles. The Kier molecular flexibility index (Phi) is 15.5. The van der Waals surface area contributed by atoms with Crippen molar-refractivity contribution in [1.82, 2.24) is 4.90 Å². The number of carbonyl (C=O) groups excluding carboxylic acids is 1. The van der Waals surface area contributed by atoms with Crippen LogP contribution in [0.4, 0.5) is 0 Å². The summed E-state index contributed by atoms with van der Waals surface area (Å²) in [7, 11) is 3.82. The highest BCUT2D eigenvalue weighted by molar-refractivity contribution is 5.97. The molecule has 0 aromatic heterocycles. The number of Topliss-reactive ketones (excluding diaryl/α,β-unsaturated/α-hetero) is 1. The van der Waals surface area contributed by atoms with Crippen LogP contribution in [0.5, 0.6) is 5.75 Å². The first-order valence-corrected chi connectivity index (χ1v) is 12.0. The quantitative estimate of drug-likeness (QED) is 0.179. The Bertz CT molecular complexity index is 510. The average molecular weight is 404 g/mol. The molecule has 0 spiro atoms. The van der Waals surface area contributed by atoms with Gasteiger partial charge in [0, 0.05) is 5.56 Å². The molecule has 0 radical (unpaired) electrons. The molecule has 0 amide bonds. The molecular weight excluding hydrogens is 358 g/mol. The molecule has 3 nitrogen and oxygen atoms in total. The van der Waals surface area contributed by atoms with Gasteiger partial charge in [0.25, 0.3) is 0 Å². The summed E-state index contributed by atoms with van der Waals surface area (Å²) >= 11 is 0. The number of carbonyl (C=O) groups is 1. The highest BCUT2D eigenvalue weighted by Crippen LogP contribution is 2.15. The van der Waals surface area contributed by atoms with E-state index in [1.807, 2.05) is 43.3 Å². The smallest absolute Gasteiger partial charge is 0.176 e. The largest absolute Gasteiger partial charge is 0.494 e. The van der Waals surface area contributed by atoms with Gasteiger partial charge in [-0.3, -0.25) is 4.79 Å². The Balaban J connectivity index is 1.91. The van der Waals surface area contributed by atoms with Crippen molar-refractivity contribution in [1.29, 1.82) is 0 Å². The zero-order valence-corrected chi connectivity index (χ0v) is 19.4. The first-order chi connectivity index (χ1) is 14.1. The maximum atomic E-state index is 12.0. The fraction of sp³-hybridized carbons (Fsp3) is 0.731. The molecule has 0 aliphatic carbocycles. The lowest BCUT2D eigenvalue weighted by atomic mass is 10.0. The van der Waals surface area contributed by atoms with Gasteiger partial charge in [-0.15, -0.1) is 0 Å². The van der Waals surface area contributed by atoms with Crippen molar-refractivity contribution >= 4 is 5.78 Å². The third kappa shape index (κ3) is 14.3. The van der Waals surface area contributed by atoms with Crippen LogP contribution in [0.2, 0.25) is 0 Å². The van der Waals surface area contributed by atoms with Crippen LogP contribution in [0.15, 0.2) is 24.3 Å². The number of ketones is 1. The molecule has 3 heteroatoms. The summed E-state index contributed by atoms with van der Waals surface area (Å²) < 4.78 is 5.81. The maximum Gasteiger partial charge on any atom is 0.176 e. The van der Waals surface area contributed by atoms with Gasteiger partial charge in [0.15, 0.2) is 5.78 Å². The van der Waals surface area contributed by atoms with Crippen LogP contribution < -0.4 is 4.74 Å². The Labute approximate surface area is 180 Å². The second-order valence-corrected chi connectivity index (χ2v) is 8.63. The zero-order chi connectivity index (χ0) is 21.2. The minimum absolute atomic E-state index is 0.147. The number of ether oxygens (including phenoxy) is 1. The van der Waals surface area contributed by atoms with E-state index in [1.54, 1.807) is 0 Å². The number of rotatable bonds is 19. The van der Waals surface area contributed by atoms with E-state index in [9.17, 15) is 4.79 Å². The molecule has 1 aromatic rings. The maximum absolute atomic E-state index is 12.0. The highest BCUT2D eigenvalue weighted by Gasteiger charge is 2.06. The van der Waals surface area contributed by atoms with Crippen LogP contribution in [-0.2, 0) is 0 Å². The second kappa shape index (κ2) is 17.5. The van der Waals surface area contributed by atoms with Gasteiger partial charge in [0.1, 0.15) is 5.75 Å². The summed E-state index contributed by atoms with van der Waals surface area (Å²) in [6, 6.07) is 7.55. The van der Waals surface area contributed by atoms with Crippen molar-refractivity contribution in [3.8, 4) is 5.75 Å². The molecule has 166 valence electrons. The number of nitrogens with zero attached hydrogens (tertiary/aromatic N) is 1. The summed E-state index contributed by atoms with van der Waals surface area (Å²) in [4.78, 5) is 13.9. The standard InChI is InChI=1S/C26H45NO2/c1-4-5-6-7-8-9-10-11-12-13-14-15-16-17-22-29-25-20-18-24(19-21-25)26(28)23-27(2)3/h18-21H,4-17,22-23H2,1-3H3. The second-order valence-electron chi connectivity index (χ2n) is 8.63. The van der Waals surface area contributed by atoms with E-state index >= 15 is 0 Å². The summed E-state index contributed by atoms with van der Waals surface area (Å²) in [5.74, 6) is 1.01. The number of benzene rings is 1. The monoisotopic (exact) mass is 403 g/mol. The van der Waals surface area contributed by atoms with Crippen LogP contribution in [0.3, 0.4) is 0 Å². The van der Waals surface area contributed by atoms with E-state index in [2.05, 4.69) is 6.92 Å². The third-order valence-electron chi connectivity index (χ3n) is 5.40. The molecule has 0 bridgehead atoms. The molecule has 0 heterocycles. The molecule has 29 heavy (non-hydrogen) atoms. The van der Waals surface area contributed by atoms with E-state index < -0.39 is 0 Å². The molecule has 0 N–H and O–H groups in total. The van der Waals surface area contributed by atoms with E-state index in [0.717, 1.165) is 24.3 Å². The fourth-order valence-corrected chi connectivity index (χ4v) is 3.60.